The Morgan fingerprint density at radius 2 is 2.18 bits per heavy atom. The number of anilines is 2. The van der Waals surface area contributed by atoms with Gasteiger partial charge in [-0.1, -0.05) is 11.6 Å². The fraction of sp³-hybridized carbons (Fsp3) is 0.500. The molecule has 0 aliphatic rings. The van der Waals surface area contributed by atoms with Gasteiger partial charge in [0.15, 0.2) is 5.82 Å². The van der Waals surface area contributed by atoms with Crippen LogP contribution in [0.4, 0.5) is 11.8 Å². The van der Waals surface area contributed by atoms with Crippen molar-refractivity contribution in [2.75, 3.05) is 17.6 Å². The van der Waals surface area contributed by atoms with Gasteiger partial charge in [0.05, 0.1) is 12.7 Å². The van der Waals surface area contributed by atoms with Crippen LogP contribution >= 0.6 is 11.6 Å². The van der Waals surface area contributed by atoms with Crippen LogP contribution in [0.5, 0.6) is 0 Å². The quantitative estimate of drug-likeness (QED) is 0.752. The number of hydrogen-bond acceptors (Lipinski definition) is 5. The lowest BCUT2D eigenvalue weighted by Gasteiger charge is -2.20. The fourth-order valence-electron chi connectivity index (χ4n) is 1.13. The Kier molecular flexibility index (Phi) is 4.11. The summed E-state index contributed by atoms with van der Waals surface area (Å²) in [5.74, 6) is 0.308. The van der Waals surface area contributed by atoms with Crippen LogP contribution in [0.1, 0.15) is 20.8 Å². The predicted molar refractivity (Wildman–Crippen MR) is 67.8 cm³/mol. The zero-order valence-corrected chi connectivity index (χ0v) is 10.8. The highest BCUT2D eigenvalue weighted by atomic mass is 35.5. The third kappa shape index (κ3) is 4.86. The van der Waals surface area contributed by atoms with Crippen molar-refractivity contribution in [1.29, 1.82) is 0 Å². The minimum atomic E-state index is -0.271. The van der Waals surface area contributed by atoms with E-state index < -0.39 is 0 Å². The highest BCUT2D eigenvalue weighted by Gasteiger charge is 2.14. The first kappa shape index (κ1) is 13.5. The number of nitrogens with two attached hydrogens (primary N) is 1. The molecule has 0 fully saturated rings. The van der Waals surface area contributed by atoms with Crippen LogP contribution in [0, 0.1) is 0 Å². The second-order valence-electron chi connectivity index (χ2n) is 4.58. The summed E-state index contributed by atoms with van der Waals surface area (Å²) >= 11 is 5.84. The molecule has 0 saturated carbocycles. The number of halogens is 1. The average Bonchev–Trinajstić information content (AvgIpc) is 2.17. The Bertz CT molecular complexity index is 416. The van der Waals surface area contributed by atoms with Crippen molar-refractivity contribution in [1.82, 2.24) is 15.3 Å². The van der Waals surface area contributed by atoms with Gasteiger partial charge in [-0.25, -0.2) is 4.98 Å². The van der Waals surface area contributed by atoms with Crippen molar-refractivity contribution in [2.45, 2.75) is 26.3 Å². The molecule has 1 aromatic heterocycles. The van der Waals surface area contributed by atoms with E-state index in [0.29, 0.717) is 10.8 Å². The van der Waals surface area contributed by atoms with Crippen LogP contribution in [0.3, 0.4) is 0 Å². The van der Waals surface area contributed by atoms with E-state index in [9.17, 15) is 4.79 Å². The SMILES string of the molecule is CC(C)(C)NC(=O)CNc1nc(N)ncc1Cl. The zero-order valence-electron chi connectivity index (χ0n) is 10.0. The molecule has 1 aromatic rings. The van der Waals surface area contributed by atoms with Crippen LogP contribution in [-0.4, -0.2) is 28.0 Å². The normalized spacial score (nSPS) is 11.1. The lowest BCUT2D eigenvalue weighted by molar-refractivity contribution is -0.120. The first-order chi connectivity index (χ1) is 7.78. The van der Waals surface area contributed by atoms with Crippen LogP contribution in [0.25, 0.3) is 0 Å². The molecule has 1 heterocycles. The Morgan fingerprint density at radius 1 is 1.53 bits per heavy atom. The minimum Gasteiger partial charge on any atom is -0.368 e. The summed E-state index contributed by atoms with van der Waals surface area (Å²) in [6, 6.07) is 0. The van der Waals surface area contributed by atoms with E-state index in [2.05, 4.69) is 20.6 Å². The minimum absolute atomic E-state index is 0.0768. The number of hydrogen-bond donors (Lipinski definition) is 3. The number of aromatic nitrogens is 2. The first-order valence-corrected chi connectivity index (χ1v) is 5.48. The van der Waals surface area contributed by atoms with E-state index >= 15 is 0 Å². The van der Waals surface area contributed by atoms with Gasteiger partial charge in [-0.3, -0.25) is 4.79 Å². The highest BCUT2D eigenvalue weighted by Crippen LogP contribution is 2.17. The largest absolute Gasteiger partial charge is 0.368 e. The molecule has 4 N–H and O–H groups in total. The summed E-state index contributed by atoms with van der Waals surface area (Å²) in [5, 5.41) is 5.93. The molecule has 6 nitrogen and oxygen atoms in total. The molecular formula is C10H16ClN5O. The second-order valence-corrected chi connectivity index (χ2v) is 4.98. The topological polar surface area (TPSA) is 92.9 Å². The first-order valence-electron chi connectivity index (χ1n) is 5.11. The molecule has 0 saturated heterocycles. The summed E-state index contributed by atoms with van der Waals surface area (Å²) in [6.07, 6.45) is 1.38. The highest BCUT2D eigenvalue weighted by molar-refractivity contribution is 6.32. The maximum absolute atomic E-state index is 11.5. The molecule has 1 amide bonds. The number of carbonyl (C=O) groups excluding carboxylic acids is 1. The number of nitrogens with one attached hydrogen (secondary N) is 2. The zero-order chi connectivity index (χ0) is 13.1. The molecule has 17 heavy (non-hydrogen) atoms. The molecule has 0 aromatic carbocycles. The van der Waals surface area contributed by atoms with Crippen molar-refractivity contribution in [3.05, 3.63) is 11.2 Å². The van der Waals surface area contributed by atoms with Gasteiger partial charge in [0, 0.05) is 5.54 Å². The lowest BCUT2D eigenvalue weighted by atomic mass is 10.1. The summed E-state index contributed by atoms with van der Waals surface area (Å²) in [7, 11) is 0. The molecule has 0 spiro atoms. The maximum atomic E-state index is 11.5. The molecular weight excluding hydrogens is 242 g/mol. The second kappa shape index (κ2) is 5.18. The fourth-order valence-corrected chi connectivity index (χ4v) is 1.29. The Balaban J connectivity index is 2.56. The van der Waals surface area contributed by atoms with Crippen molar-refractivity contribution < 1.29 is 4.79 Å². The van der Waals surface area contributed by atoms with E-state index in [-0.39, 0.29) is 23.9 Å². The summed E-state index contributed by atoms with van der Waals surface area (Å²) in [4.78, 5) is 19.1. The standard InChI is InChI=1S/C10H16ClN5O/c1-10(2,3)16-7(17)5-13-8-6(11)4-14-9(12)15-8/h4H,5H2,1-3H3,(H,16,17)(H3,12,13,14,15). The molecule has 1 rings (SSSR count). The molecule has 0 unspecified atom stereocenters. The molecule has 94 valence electrons. The molecule has 0 bridgehead atoms. The van der Waals surface area contributed by atoms with E-state index in [1.807, 2.05) is 20.8 Å². The van der Waals surface area contributed by atoms with Gasteiger partial charge in [0.25, 0.3) is 0 Å². The van der Waals surface area contributed by atoms with Gasteiger partial charge in [-0.05, 0) is 20.8 Å². The van der Waals surface area contributed by atoms with E-state index in [1.54, 1.807) is 0 Å². The smallest absolute Gasteiger partial charge is 0.239 e. The van der Waals surface area contributed by atoms with Crippen LogP contribution in [0.15, 0.2) is 6.20 Å². The Labute approximate surface area is 105 Å². The number of amides is 1. The third-order valence-corrected chi connectivity index (χ3v) is 1.97. The molecule has 0 aliphatic carbocycles. The summed E-state index contributed by atoms with van der Waals surface area (Å²) in [5.41, 5.74) is 5.14. The summed E-state index contributed by atoms with van der Waals surface area (Å²) in [6.45, 7) is 5.79. The van der Waals surface area contributed by atoms with Gasteiger partial charge in [0.2, 0.25) is 11.9 Å². The van der Waals surface area contributed by atoms with Crippen molar-refractivity contribution in [2.24, 2.45) is 0 Å². The van der Waals surface area contributed by atoms with Gasteiger partial charge >= 0.3 is 0 Å². The van der Waals surface area contributed by atoms with E-state index in [1.165, 1.54) is 6.20 Å². The molecule has 0 radical (unpaired) electrons. The number of carbonyl (C=O) groups is 1. The molecule has 0 aliphatic heterocycles. The van der Waals surface area contributed by atoms with Gasteiger partial charge in [0.1, 0.15) is 5.02 Å². The third-order valence-electron chi connectivity index (χ3n) is 1.69. The van der Waals surface area contributed by atoms with E-state index in [4.69, 9.17) is 17.3 Å². The van der Waals surface area contributed by atoms with Gasteiger partial charge in [-0.2, -0.15) is 4.98 Å². The summed E-state index contributed by atoms with van der Waals surface area (Å²) < 4.78 is 0. The number of rotatable bonds is 3. The maximum Gasteiger partial charge on any atom is 0.239 e. The van der Waals surface area contributed by atoms with Gasteiger partial charge < -0.3 is 16.4 Å². The van der Waals surface area contributed by atoms with Crippen molar-refractivity contribution in [3.8, 4) is 0 Å². The van der Waals surface area contributed by atoms with Crippen LogP contribution in [0.2, 0.25) is 5.02 Å². The molecule has 7 heteroatoms. The van der Waals surface area contributed by atoms with Crippen LogP contribution in [-0.2, 0) is 4.79 Å². The number of nitrogens with zero attached hydrogens (tertiary/aromatic N) is 2. The number of nitrogen functional groups attached to an aromatic ring is 1. The molecule has 0 atom stereocenters. The average molecular weight is 258 g/mol. The van der Waals surface area contributed by atoms with Gasteiger partial charge in [-0.15, -0.1) is 0 Å². The Morgan fingerprint density at radius 3 is 2.76 bits per heavy atom. The van der Waals surface area contributed by atoms with Crippen molar-refractivity contribution in [3.63, 3.8) is 0 Å². The van der Waals surface area contributed by atoms with Crippen LogP contribution < -0.4 is 16.4 Å². The predicted octanol–water partition coefficient (Wildman–Crippen LogP) is 1.04. The lowest BCUT2D eigenvalue weighted by Crippen LogP contribution is -2.43. The van der Waals surface area contributed by atoms with E-state index in [0.717, 1.165) is 0 Å². The monoisotopic (exact) mass is 257 g/mol. The Hall–Kier alpha value is -1.56. The van der Waals surface area contributed by atoms with Crippen molar-refractivity contribution >= 4 is 29.3 Å².